The Labute approximate surface area is 104 Å². The molecule has 1 amide bonds. The monoisotopic (exact) mass is 261 g/mol. The van der Waals surface area contributed by atoms with E-state index in [1.807, 2.05) is 0 Å². The van der Waals surface area contributed by atoms with Crippen LogP contribution in [0.5, 0.6) is 0 Å². The second-order valence-corrected chi connectivity index (χ2v) is 4.23. The lowest BCUT2D eigenvalue weighted by Gasteiger charge is -2.17. The van der Waals surface area contributed by atoms with Gasteiger partial charge < -0.3 is 5.32 Å². The highest BCUT2D eigenvalue weighted by Crippen LogP contribution is 2.20. The maximum Gasteiger partial charge on any atom is 0.224 e. The van der Waals surface area contributed by atoms with Crippen molar-refractivity contribution < 1.29 is 13.6 Å². The Morgan fingerprint density at radius 2 is 1.88 bits per heavy atom. The summed E-state index contributed by atoms with van der Waals surface area (Å²) in [5, 5.41) is 2.53. The molecule has 1 aromatic rings. The molecule has 0 aromatic heterocycles. The van der Waals surface area contributed by atoms with E-state index in [9.17, 15) is 13.6 Å². The summed E-state index contributed by atoms with van der Waals surface area (Å²) in [4.78, 5) is 11.5. The van der Waals surface area contributed by atoms with Crippen molar-refractivity contribution >= 4 is 17.5 Å². The van der Waals surface area contributed by atoms with Gasteiger partial charge in [0.25, 0.3) is 0 Å². The van der Waals surface area contributed by atoms with E-state index in [0.29, 0.717) is 0 Å². The standard InChI is InChI=1S/C12H14ClF2NO/c1-7(6-13)12(17)16-8(2)11-9(14)4-3-5-10(11)15/h3-5,7-8H,6H2,1-2H3,(H,16,17). The number of hydrogen-bond donors (Lipinski definition) is 1. The summed E-state index contributed by atoms with van der Waals surface area (Å²) in [5.74, 6) is -1.89. The first-order chi connectivity index (χ1) is 7.97. The van der Waals surface area contributed by atoms with E-state index in [-0.39, 0.29) is 17.4 Å². The fraction of sp³-hybridized carbons (Fsp3) is 0.417. The molecule has 0 saturated carbocycles. The van der Waals surface area contributed by atoms with Gasteiger partial charge in [0, 0.05) is 17.4 Å². The van der Waals surface area contributed by atoms with Crippen LogP contribution in [0.4, 0.5) is 8.78 Å². The quantitative estimate of drug-likeness (QED) is 0.830. The first kappa shape index (κ1) is 13.9. The van der Waals surface area contributed by atoms with Gasteiger partial charge in [0.1, 0.15) is 11.6 Å². The van der Waals surface area contributed by atoms with Crippen LogP contribution in [-0.2, 0) is 4.79 Å². The molecule has 0 spiro atoms. The van der Waals surface area contributed by atoms with Crippen LogP contribution in [-0.4, -0.2) is 11.8 Å². The van der Waals surface area contributed by atoms with Crippen LogP contribution in [0.2, 0.25) is 0 Å². The predicted octanol–water partition coefficient (Wildman–Crippen LogP) is 3.02. The van der Waals surface area contributed by atoms with Crippen LogP contribution >= 0.6 is 11.6 Å². The summed E-state index contributed by atoms with van der Waals surface area (Å²) < 4.78 is 26.8. The lowest BCUT2D eigenvalue weighted by Crippen LogP contribution is -2.33. The summed E-state index contributed by atoms with van der Waals surface area (Å²) in [6.07, 6.45) is 0. The number of nitrogens with one attached hydrogen (secondary N) is 1. The molecule has 0 bridgehead atoms. The topological polar surface area (TPSA) is 29.1 Å². The summed E-state index contributed by atoms with van der Waals surface area (Å²) in [6.45, 7) is 3.17. The molecule has 0 radical (unpaired) electrons. The summed E-state index contributed by atoms with van der Waals surface area (Å²) in [5.41, 5.74) is -0.136. The zero-order valence-corrected chi connectivity index (χ0v) is 10.4. The Balaban J connectivity index is 2.83. The Morgan fingerprint density at radius 1 is 1.35 bits per heavy atom. The third kappa shape index (κ3) is 3.40. The van der Waals surface area contributed by atoms with Crippen molar-refractivity contribution in [2.24, 2.45) is 5.92 Å². The minimum absolute atomic E-state index is 0.136. The molecular weight excluding hydrogens is 248 g/mol. The van der Waals surface area contributed by atoms with Gasteiger partial charge >= 0.3 is 0 Å². The number of carbonyl (C=O) groups excluding carboxylic acids is 1. The van der Waals surface area contributed by atoms with Crippen molar-refractivity contribution in [1.82, 2.24) is 5.32 Å². The summed E-state index contributed by atoms with van der Waals surface area (Å²) in [6, 6.07) is 2.87. The van der Waals surface area contributed by atoms with E-state index < -0.39 is 23.6 Å². The molecule has 94 valence electrons. The number of alkyl halides is 1. The molecule has 2 unspecified atom stereocenters. The van der Waals surface area contributed by atoms with Gasteiger partial charge in [-0.3, -0.25) is 4.79 Å². The summed E-state index contributed by atoms with van der Waals surface area (Å²) in [7, 11) is 0. The number of amides is 1. The van der Waals surface area contributed by atoms with Crippen molar-refractivity contribution in [1.29, 1.82) is 0 Å². The van der Waals surface area contributed by atoms with Crippen molar-refractivity contribution in [2.75, 3.05) is 5.88 Å². The highest BCUT2D eigenvalue weighted by Gasteiger charge is 2.20. The molecule has 0 fully saturated rings. The highest BCUT2D eigenvalue weighted by molar-refractivity contribution is 6.19. The van der Waals surface area contributed by atoms with Crippen molar-refractivity contribution in [3.05, 3.63) is 35.4 Å². The smallest absolute Gasteiger partial charge is 0.224 e. The Kier molecular flexibility index (Phi) is 4.87. The van der Waals surface area contributed by atoms with Gasteiger partial charge in [0.05, 0.1) is 6.04 Å². The molecule has 17 heavy (non-hydrogen) atoms. The highest BCUT2D eigenvalue weighted by atomic mass is 35.5. The van der Waals surface area contributed by atoms with Gasteiger partial charge in [-0.05, 0) is 19.1 Å². The second-order valence-electron chi connectivity index (χ2n) is 3.92. The molecule has 0 saturated heterocycles. The minimum Gasteiger partial charge on any atom is -0.349 e. The number of rotatable bonds is 4. The van der Waals surface area contributed by atoms with Crippen LogP contribution in [0.25, 0.3) is 0 Å². The largest absolute Gasteiger partial charge is 0.349 e. The molecule has 2 atom stereocenters. The number of benzene rings is 1. The van der Waals surface area contributed by atoms with E-state index in [4.69, 9.17) is 11.6 Å². The normalized spacial score (nSPS) is 14.2. The van der Waals surface area contributed by atoms with Gasteiger partial charge in [0.15, 0.2) is 0 Å². The second kappa shape index (κ2) is 5.96. The fourth-order valence-corrected chi connectivity index (χ4v) is 1.56. The van der Waals surface area contributed by atoms with Crippen LogP contribution in [0.15, 0.2) is 18.2 Å². The minimum atomic E-state index is -0.727. The third-order valence-electron chi connectivity index (χ3n) is 2.47. The predicted molar refractivity (Wildman–Crippen MR) is 62.8 cm³/mol. The molecule has 1 N–H and O–H groups in total. The Hall–Kier alpha value is -1.16. The molecule has 2 nitrogen and oxygen atoms in total. The van der Waals surface area contributed by atoms with Gasteiger partial charge in [-0.2, -0.15) is 0 Å². The van der Waals surface area contributed by atoms with Crippen LogP contribution in [0, 0.1) is 17.6 Å². The number of hydrogen-bond acceptors (Lipinski definition) is 1. The van der Waals surface area contributed by atoms with Crippen molar-refractivity contribution in [2.45, 2.75) is 19.9 Å². The molecule has 1 rings (SSSR count). The zero-order valence-electron chi connectivity index (χ0n) is 9.64. The van der Waals surface area contributed by atoms with Gasteiger partial charge in [-0.15, -0.1) is 11.6 Å². The van der Waals surface area contributed by atoms with Crippen molar-refractivity contribution in [3.63, 3.8) is 0 Å². The van der Waals surface area contributed by atoms with E-state index >= 15 is 0 Å². The van der Waals surface area contributed by atoms with Crippen LogP contribution in [0.1, 0.15) is 25.5 Å². The molecule has 1 aromatic carbocycles. The van der Waals surface area contributed by atoms with Gasteiger partial charge in [-0.25, -0.2) is 8.78 Å². The average molecular weight is 262 g/mol. The van der Waals surface area contributed by atoms with E-state index in [1.165, 1.54) is 13.0 Å². The zero-order chi connectivity index (χ0) is 13.0. The SMILES string of the molecule is CC(CCl)C(=O)NC(C)c1c(F)cccc1F. The van der Waals surface area contributed by atoms with E-state index in [2.05, 4.69) is 5.32 Å². The molecule has 0 heterocycles. The lowest BCUT2D eigenvalue weighted by molar-refractivity contribution is -0.124. The molecule has 5 heteroatoms. The summed E-state index contributed by atoms with van der Waals surface area (Å²) >= 11 is 5.53. The first-order valence-corrected chi connectivity index (χ1v) is 5.81. The van der Waals surface area contributed by atoms with E-state index in [0.717, 1.165) is 12.1 Å². The maximum atomic E-state index is 13.4. The Bertz CT molecular complexity index is 391. The van der Waals surface area contributed by atoms with Crippen LogP contribution in [0.3, 0.4) is 0 Å². The Morgan fingerprint density at radius 3 is 2.35 bits per heavy atom. The van der Waals surface area contributed by atoms with Crippen molar-refractivity contribution in [3.8, 4) is 0 Å². The third-order valence-corrected chi connectivity index (χ3v) is 2.93. The maximum absolute atomic E-state index is 13.4. The van der Waals surface area contributed by atoms with E-state index in [1.54, 1.807) is 6.92 Å². The molecular formula is C12H14ClF2NO. The molecule has 0 aliphatic rings. The average Bonchev–Trinajstić information content (AvgIpc) is 2.27. The molecule has 0 aliphatic heterocycles. The number of carbonyl (C=O) groups is 1. The van der Waals surface area contributed by atoms with Crippen LogP contribution < -0.4 is 5.32 Å². The fourth-order valence-electron chi connectivity index (χ4n) is 1.42. The first-order valence-electron chi connectivity index (χ1n) is 5.27. The van der Waals surface area contributed by atoms with Gasteiger partial charge in [-0.1, -0.05) is 13.0 Å². The lowest BCUT2D eigenvalue weighted by atomic mass is 10.1. The molecule has 0 aliphatic carbocycles. The number of halogens is 3. The van der Waals surface area contributed by atoms with Gasteiger partial charge in [0.2, 0.25) is 5.91 Å².